The molecule has 7 nitrogen and oxygen atoms in total. The van der Waals surface area contributed by atoms with Gasteiger partial charge in [0.1, 0.15) is 5.75 Å². The van der Waals surface area contributed by atoms with E-state index in [9.17, 15) is 4.79 Å². The highest BCUT2D eigenvalue weighted by molar-refractivity contribution is 7.99. The van der Waals surface area contributed by atoms with Crippen LogP contribution in [0.15, 0.2) is 47.6 Å². The number of nitrogens with zero attached hydrogens (tertiary/aromatic N) is 3. The normalized spacial score (nSPS) is 12.1. The Kier molecular flexibility index (Phi) is 8.61. The summed E-state index contributed by atoms with van der Waals surface area (Å²) < 4.78 is 18.9. The van der Waals surface area contributed by atoms with Gasteiger partial charge in [-0.3, -0.25) is 4.79 Å². The van der Waals surface area contributed by atoms with Crippen molar-refractivity contribution in [2.75, 3.05) is 20.0 Å². The zero-order valence-corrected chi connectivity index (χ0v) is 21.7. The molecule has 0 saturated carbocycles. The SMILES string of the molecule is COc1ccc(C(=O)CSc2nnc(C(C)Oc3ccccc3C(C)C)n2C(C)C)cc1OC. The van der Waals surface area contributed by atoms with Crippen LogP contribution < -0.4 is 14.2 Å². The van der Waals surface area contributed by atoms with Crippen LogP contribution in [0.1, 0.15) is 74.4 Å². The molecule has 0 aliphatic carbocycles. The fourth-order valence-electron chi connectivity index (χ4n) is 3.68. The molecule has 1 unspecified atom stereocenters. The predicted octanol–water partition coefficient (Wildman–Crippen LogP) is 6.11. The topological polar surface area (TPSA) is 75.5 Å². The Morgan fingerprint density at radius 1 is 0.941 bits per heavy atom. The summed E-state index contributed by atoms with van der Waals surface area (Å²) in [4.78, 5) is 12.9. The minimum Gasteiger partial charge on any atom is -0.493 e. The molecule has 1 heterocycles. The first kappa shape index (κ1) is 25.6. The van der Waals surface area contributed by atoms with E-state index < -0.39 is 0 Å². The van der Waals surface area contributed by atoms with Crippen molar-refractivity contribution in [3.63, 3.8) is 0 Å². The number of rotatable bonds is 11. The first-order chi connectivity index (χ1) is 16.3. The van der Waals surface area contributed by atoms with Crippen molar-refractivity contribution >= 4 is 17.5 Å². The summed E-state index contributed by atoms with van der Waals surface area (Å²) in [5.74, 6) is 3.24. The van der Waals surface area contributed by atoms with Crippen molar-refractivity contribution in [1.29, 1.82) is 0 Å². The molecular weight excluding hydrogens is 450 g/mol. The zero-order chi connectivity index (χ0) is 24.8. The maximum Gasteiger partial charge on any atom is 0.192 e. The predicted molar refractivity (Wildman–Crippen MR) is 135 cm³/mol. The van der Waals surface area contributed by atoms with Crippen molar-refractivity contribution in [3.8, 4) is 17.2 Å². The largest absolute Gasteiger partial charge is 0.493 e. The van der Waals surface area contributed by atoms with E-state index in [4.69, 9.17) is 14.2 Å². The molecule has 34 heavy (non-hydrogen) atoms. The fraction of sp³-hybridized carbons (Fsp3) is 0.423. The number of methoxy groups -OCH3 is 2. The number of hydrogen-bond acceptors (Lipinski definition) is 7. The summed E-state index contributed by atoms with van der Waals surface area (Å²) >= 11 is 1.37. The van der Waals surface area contributed by atoms with E-state index in [0.717, 1.165) is 17.1 Å². The third-order valence-electron chi connectivity index (χ3n) is 5.45. The van der Waals surface area contributed by atoms with Crippen LogP contribution in [-0.4, -0.2) is 40.5 Å². The van der Waals surface area contributed by atoms with E-state index in [1.807, 2.05) is 29.7 Å². The number of ether oxygens (including phenoxy) is 3. The second-order valence-corrected chi connectivity index (χ2v) is 9.48. The molecule has 0 N–H and O–H groups in total. The number of hydrogen-bond donors (Lipinski definition) is 0. The Hall–Kier alpha value is -3.00. The molecule has 8 heteroatoms. The molecule has 0 aliphatic heterocycles. The summed E-state index contributed by atoms with van der Waals surface area (Å²) in [6.45, 7) is 10.4. The van der Waals surface area contributed by atoms with Gasteiger partial charge in [0.15, 0.2) is 34.4 Å². The molecule has 3 rings (SSSR count). The van der Waals surface area contributed by atoms with E-state index >= 15 is 0 Å². The lowest BCUT2D eigenvalue weighted by molar-refractivity contribution is 0.102. The average molecular weight is 484 g/mol. The van der Waals surface area contributed by atoms with Gasteiger partial charge in [0.2, 0.25) is 0 Å². The summed E-state index contributed by atoms with van der Waals surface area (Å²) in [5, 5.41) is 9.50. The molecular formula is C26H33N3O4S. The monoisotopic (exact) mass is 483 g/mol. The molecule has 0 saturated heterocycles. The number of carbonyl (C=O) groups excluding carboxylic acids is 1. The van der Waals surface area contributed by atoms with Crippen molar-refractivity contribution in [2.24, 2.45) is 0 Å². The highest BCUT2D eigenvalue weighted by Gasteiger charge is 2.23. The van der Waals surface area contributed by atoms with E-state index in [2.05, 4.69) is 44.0 Å². The van der Waals surface area contributed by atoms with Gasteiger partial charge in [-0.1, -0.05) is 43.8 Å². The van der Waals surface area contributed by atoms with E-state index in [0.29, 0.717) is 28.1 Å². The van der Waals surface area contributed by atoms with Crippen LogP contribution >= 0.6 is 11.8 Å². The quantitative estimate of drug-likeness (QED) is 0.240. The maximum absolute atomic E-state index is 12.9. The number of ketones is 1. The minimum atomic E-state index is -0.300. The Balaban J connectivity index is 1.77. The minimum absolute atomic E-state index is 0.0269. The van der Waals surface area contributed by atoms with Crippen LogP contribution in [0.4, 0.5) is 0 Å². The summed E-state index contributed by atoms with van der Waals surface area (Å²) in [7, 11) is 3.12. The second-order valence-electron chi connectivity index (χ2n) is 8.54. The summed E-state index contributed by atoms with van der Waals surface area (Å²) in [6.07, 6.45) is -0.300. The van der Waals surface area contributed by atoms with Gasteiger partial charge >= 0.3 is 0 Å². The summed E-state index contributed by atoms with van der Waals surface area (Å²) in [5.41, 5.74) is 1.71. The Morgan fingerprint density at radius 3 is 2.29 bits per heavy atom. The molecule has 0 fully saturated rings. The lowest BCUT2D eigenvalue weighted by atomic mass is 10.0. The highest BCUT2D eigenvalue weighted by atomic mass is 32.2. The van der Waals surface area contributed by atoms with Gasteiger partial charge in [-0.15, -0.1) is 10.2 Å². The zero-order valence-electron chi connectivity index (χ0n) is 20.9. The molecule has 3 aromatic rings. The van der Waals surface area contributed by atoms with Crippen molar-refractivity contribution in [1.82, 2.24) is 14.8 Å². The molecule has 0 spiro atoms. The van der Waals surface area contributed by atoms with Gasteiger partial charge in [0.05, 0.1) is 20.0 Å². The van der Waals surface area contributed by atoms with Crippen molar-refractivity contribution in [2.45, 2.75) is 57.8 Å². The highest BCUT2D eigenvalue weighted by Crippen LogP contribution is 2.32. The molecule has 0 radical (unpaired) electrons. The fourth-order valence-corrected chi connectivity index (χ4v) is 4.65. The van der Waals surface area contributed by atoms with E-state index in [1.54, 1.807) is 32.4 Å². The number of Topliss-reactive ketones (excluding diaryl/α,β-unsaturated/α-hetero) is 1. The molecule has 0 aliphatic rings. The maximum atomic E-state index is 12.9. The molecule has 1 aromatic heterocycles. The summed E-state index contributed by atoms with van der Waals surface area (Å²) in [6, 6.07) is 13.3. The molecule has 2 aromatic carbocycles. The first-order valence-electron chi connectivity index (χ1n) is 11.3. The van der Waals surface area contributed by atoms with Crippen molar-refractivity contribution < 1.29 is 19.0 Å². The number of thioether (sulfide) groups is 1. The Bertz CT molecular complexity index is 1130. The Labute approximate surface area is 205 Å². The number of carbonyl (C=O) groups is 1. The van der Waals surface area contributed by atoms with Crippen LogP contribution in [-0.2, 0) is 0 Å². The molecule has 0 amide bonds. The van der Waals surface area contributed by atoms with Gasteiger partial charge in [-0.2, -0.15) is 0 Å². The van der Waals surface area contributed by atoms with Gasteiger partial charge in [-0.25, -0.2) is 0 Å². The van der Waals surface area contributed by atoms with Gasteiger partial charge < -0.3 is 18.8 Å². The number of aromatic nitrogens is 3. The van der Waals surface area contributed by atoms with E-state index in [-0.39, 0.29) is 23.7 Å². The molecule has 0 bridgehead atoms. The van der Waals surface area contributed by atoms with Crippen LogP contribution in [0, 0.1) is 0 Å². The van der Waals surface area contributed by atoms with Crippen LogP contribution in [0.3, 0.4) is 0 Å². The number of benzene rings is 2. The van der Waals surface area contributed by atoms with Crippen LogP contribution in [0.5, 0.6) is 17.2 Å². The Morgan fingerprint density at radius 2 is 1.65 bits per heavy atom. The standard InChI is InChI=1S/C26H33N3O4S/c1-16(2)20-10-8-9-11-22(20)33-18(5)25-27-28-26(29(25)17(3)4)34-15-21(30)19-12-13-23(31-6)24(14-19)32-7/h8-14,16-18H,15H2,1-7H3. The second kappa shape index (κ2) is 11.4. The van der Waals surface area contributed by atoms with Crippen molar-refractivity contribution in [3.05, 3.63) is 59.4 Å². The molecule has 182 valence electrons. The molecule has 1 atom stereocenters. The van der Waals surface area contributed by atoms with Crippen LogP contribution in [0.25, 0.3) is 0 Å². The van der Waals surface area contributed by atoms with Gasteiger partial charge in [-0.05, 0) is 56.5 Å². The average Bonchev–Trinajstić information content (AvgIpc) is 3.26. The van der Waals surface area contributed by atoms with Gasteiger partial charge in [0.25, 0.3) is 0 Å². The van der Waals surface area contributed by atoms with Gasteiger partial charge in [0, 0.05) is 11.6 Å². The third kappa shape index (κ3) is 5.73. The lowest BCUT2D eigenvalue weighted by Crippen LogP contribution is -2.15. The van der Waals surface area contributed by atoms with E-state index in [1.165, 1.54) is 11.8 Å². The smallest absolute Gasteiger partial charge is 0.192 e. The first-order valence-corrected chi connectivity index (χ1v) is 12.3. The number of para-hydroxylation sites is 1. The lowest BCUT2D eigenvalue weighted by Gasteiger charge is -2.21. The third-order valence-corrected chi connectivity index (χ3v) is 6.40. The van der Waals surface area contributed by atoms with Crippen LogP contribution in [0.2, 0.25) is 0 Å².